The molecule has 3 N–H and O–H groups in total. The van der Waals surface area contributed by atoms with Gasteiger partial charge in [0.15, 0.2) is 11.5 Å². The topological polar surface area (TPSA) is 142 Å². The fourth-order valence-electron chi connectivity index (χ4n) is 4.35. The van der Waals surface area contributed by atoms with E-state index in [4.69, 9.17) is 14.6 Å². The molecule has 0 unspecified atom stereocenters. The van der Waals surface area contributed by atoms with Gasteiger partial charge in [0.1, 0.15) is 11.5 Å². The number of methoxy groups -OCH3 is 1. The number of rotatable bonds is 10. The van der Waals surface area contributed by atoms with Gasteiger partial charge in [-0.1, -0.05) is 12.1 Å². The van der Waals surface area contributed by atoms with Crippen LogP contribution in [0.4, 0.5) is 5.69 Å². The monoisotopic (exact) mass is 560 g/mol. The molecule has 0 bridgehead atoms. The van der Waals surface area contributed by atoms with Crippen LogP contribution in [0.15, 0.2) is 53.4 Å². The van der Waals surface area contributed by atoms with Gasteiger partial charge in [0.25, 0.3) is 0 Å². The van der Waals surface area contributed by atoms with Gasteiger partial charge in [-0.2, -0.15) is 4.31 Å². The van der Waals surface area contributed by atoms with E-state index in [0.717, 1.165) is 22.6 Å². The van der Waals surface area contributed by atoms with Crippen LogP contribution >= 0.6 is 11.3 Å². The summed E-state index contributed by atoms with van der Waals surface area (Å²) in [4.78, 5) is 23.5. The van der Waals surface area contributed by atoms with Crippen molar-refractivity contribution < 1.29 is 37.7 Å². The lowest BCUT2D eigenvalue weighted by Crippen LogP contribution is -2.42. The van der Waals surface area contributed by atoms with Crippen molar-refractivity contribution in [3.8, 4) is 21.9 Å². The first-order valence-corrected chi connectivity index (χ1v) is 14.1. The summed E-state index contributed by atoms with van der Waals surface area (Å²) in [5.74, 6) is -1.73. The van der Waals surface area contributed by atoms with Crippen LogP contribution in [0.3, 0.4) is 0 Å². The van der Waals surface area contributed by atoms with E-state index < -0.39 is 28.6 Å². The fourth-order valence-corrected chi connectivity index (χ4v) is 6.90. The molecule has 0 amide bonds. The third kappa shape index (κ3) is 5.93. The average Bonchev–Trinajstić information content (AvgIpc) is 3.24. The van der Waals surface area contributed by atoms with E-state index in [0.29, 0.717) is 42.1 Å². The number of hydrogen-bond acceptors (Lipinski definition) is 8. The van der Waals surface area contributed by atoms with Crippen molar-refractivity contribution in [3.05, 3.63) is 59.0 Å². The molecule has 1 saturated heterocycles. The van der Waals surface area contributed by atoms with E-state index in [9.17, 15) is 23.1 Å². The molecule has 4 rings (SSSR count). The second kappa shape index (κ2) is 11.4. The zero-order chi connectivity index (χ0) is 27.4. The Morgan fingerprint density at radius 2 is 1.79 bits per heavy atom. The summed E-state index contributed by atoms with van der Waals surface area (Å²) in [5, 5.41) is 22.0. The van der Waals surface area contributed by atoms with E-state index in [1.807, 2.05) is 24.3 Å². The Kier molecular flexibility index (Phi) is 8.24. The first-order valence-electron chi connectivity index (χ1n) is 11.8. The van der Waals surface area contributed by atoms with Crippen LogP contribution in [0, 0.1) is 6.92 Å². The minimum absolute atomic E-state index is 0.0532. The molecule has 0 aliphatic carbocycles. The maximum absolute atomic E-state index is 13.0. The third-order valence-corrected chi connectivity index (χ3v) is 9.50. The minimum Gasteiger partial charge on any atom is -0.497 e. The van der Waals surface area contributed by atoms with Gasteiger partial charge in [-0.25, -0.2) is 18.0 Å². The summed E-state index contributed by atoms with van der Waals surface area (Å²) >= 11 is 1.03. The van der Waals surface area contributed by atoms with Gasteiger partial charge in [-0.05, 0) is 61.7 Å². The van der Waals surface area contributed by atoms with Crippen LogP contribution in [0.25, 0.3) is 10.4 Å². The van der Waals surface area contributed by atoms with Crippen LogP contribution in [0.5, 0.6) is 11.5 Å². The normalized spacial score (nSPS) is 14.7. The zero-order valence-corrected chi connectivity index (χ0v) is 22.5. The number of ether oxygens (including phenoxy) is 2. The number of carboxylic acids is 2. The summed E-state index contributed by atoms with van der Waals surface area (Å²) < 4.78 is 37.9. The maximum atomic E-state index is 13.0. The molecule has 1 aromatic heterocycles. The molecule has 1 aliphatic heterocycles. The van der Waals surface area contributed by atoms with Gasteiger partial charge in [0, 0.05) is 35.3 Å². The second-order valence-electron chi connectivity index (χ2n) is 8.78. The Labute approximate surface area is 224 Å². The van der Waals surface area contributed by atoms with Crippen molar-refractivity contribution in [1.29, 1.82) is 0 Å². The second-order valence-corrected chi connectivity index (χ2v) is 11.7. The van der Waals surface area contributed by atoms with Crippen LogP contribution in [-0.4, -0.2) is 67.7 Å². The van der Waals surface area contributed by atoms with E-state index in [2.05, 4.69) is 5.32 Å². The lowest BCUT2D eigenvalue weighted by atomic mass is 10.0. The summed E-state index contributed by atoms with van der Waals surface area (Å²) in [6, 6.07) is 13.9. The number of anilines is 1. The average molecular weight is 561 g/mol. The molecule has 38 heavy (non-hydrogen) atoms. The molecular formula is C26H28N2O8S2. The Bertz CT molecular complexity index is 1430. The fraction of sp³-hybridized carbons (Fsp3) is 0.308. The number of aromatic carboxylic acids is 1. The number of sulfonamides is 1. The van der Waals surface area contributed by atoms with Gasteiger partial charge in [0.05, 0.1) is 12.0 Å². The van der Waals surface area contributed by atoms with E-state index in [1.165, 1.54) is 11.4 Å². The van der Waals surface area contributed by atoms with Crippen LogP contribution in [0.2, 0.25) is 0 Å². The quantitative estimate of drug-likeness (QED) is 0.333. The van der Waals surface area contributed by atoms with E-state index in [1.54, 1.807) is 31.2 Å². The van der Waals surface area contributed by atoms with Crippen molar-refractivity contribution in [2.75, 3.05) is 32.1 Å². The Morgan fingerprint density at radius 1 is 1.11 bits per heavy atom. The van der Waals surface area contributed by atoms with Gasteiger partial charge in [0.2, 0.25) is 10.0 Å². The van der Waals surface area contributed by atoms with Gasteiger partial charge < -0.3 is 25.0 Å². The summed E-state index contributed by atoms with van der Waals surface area (Å²) in [7, 11) is -2.07. The molecule has 2 heterocycles. The number of nitrogens with zero attached hydrogens (tertiary/aromatic N) is 1. The minimum atomic E-state index is -3.60. The van der Waals surface area contributed by atoms with Crippen molar-refractivity contribution in [3.63, 3.8) is 0 Å². The van der Waals surface area contributed by atoms with Crippen LogP contribution < -0.4 is 14.8 Å². The highest BCUT2D eigenvalue weighted by Gasteiger charge is 2.29. The van der Waals surface area contributed by atoms with Gasteiger partial charge in [-0.15, -0.1) is 11.3 Å². The highest BCUT2D eigenvalue weighted by Crippen LogP contribution is 2.42. The standard InChI is InChI=1S/C26H28N2O8S2/c1-16-23(36-15-22(29)30)25(26(31)32)37-24(16)17-4-3-5-19(14-17)27-18-10-12-28(13-11-18)38(33,34)21-8-6-20(35-2)7-9-21/h3-9,14,18,27H,10-13,15H2,1-2H3,(H,29,30)(H,31,32). The zero-order valence-electron chi connectivity index (χ0n) is 20.8. The number of thiophene rings is 1. The molecule has 0 radical (unpaired) electrons. The molecule has 0 saturated carbocycles. The number of hydrogen-bond donors (Lipinski definition) is 3. The predicted molar refractivity (Wildman–Crippen MR) is 143 cm³/mol. The smallest absolute Gasteiger partial charge is 0.349 e. The molecule has 0 spiro atoms. The molecule has 12 heteroatoms. The van der Waals surface area contributed by atoms with Crippen molar-refractivity contribution in [2.24, 2.45) is 0 Å². The lowest BCUT2D eigenvalue weighted by Gasteiger charge is -2.32. The number of aliphatic carboxylic acids is 1. The van der Waals surface area contributed by atoms with Gasteiger partial charge >= 0.3 is 11.9 Å². The molecule has 1 fully saturated rings. The largest absolute Gasteiger partial charge is 0.497 e. The number of piperidine rings is 1. The Morgan fingerprint density at radius 3 is 2.39 bits per heavy atom. The number of carboxylic acid groups (broad SMARTS) is 2. The van der Waals surface area contributed by atoms with Crippen LogP contribution in [-0.2, 0) is 14.8 Å². The molecule has 3 aromatic rings. The van der Waals surface area contributed by atoms with E-state index >= 15 is 0 Å². The molecule has 10 nitrogen and oxygen atoms in total. The first kappa shape index (κ1) is 27.4. The summed E-state index contributed by atoms with van der Waals surface area (Å²) in [6.45, 7) is 1.82. The number of carbonyl (C=O) groups is 2. The highest BCUT2D eigenvalue weighted by molar-refractivity contribution is 7.89. The molecule has 202 valence electrons. The Hall–Kier alpha value is -3.61. The molecule has 1 aliphatic rings. The summed E-state index contributed by atoms with van der Waals surface area (Å²) in [6.07, 6.45) is 1.24. The number of nitrogens with one attached hydrogen (secondary N) is 1. The van der Waals surface area contributed by atoms with Crippen molar-refractivity contribution >= 4 is 39.0 Å². The van der Waals surface area contributed by atoms with Crippen molar-refractivity contribution in [1.82, 2.24) is 4.31 Å². The SMILES string of the molecule is COc1ccc(S(=O)(=O)N2CCC(Nc3cccc(-c4sc(C(=O)O)c(OCC(=O)O)c4C)c3)CC2)cc1. The molecule has 0 atom stereocenters. The highest BCUT2D eigenvalue weighted by atomic mass is 32.2. The Balaban J connectivity index is 1.45. The molecular weight excluding hydrogens is 532 g/mol. The first-order chi connectivity index (χ1) is 18.1. The predicted octanol–water partition coefficient (Wildman–Crippen LogP) is 4.16. The van der Waals surface area contributed by atoms with E-state index in [-0.39, 0.29) is 21.6 Å². The van der Waals surface area contributed by atoms with Crippen LogP contribution in [0.1, 0.15) is 28.1 Å². The number of benzene rings is 2. The van der Waals surface area contributed by atoms with Gasteiger partial charge in [-0.3, -0.25) is 0 Å². The molecule has 2 aromatic carbocycles. The van der Waals surface area contributed by atoms with Crippen molar-refractivity contribution in [2.45, 2.75) is 30.7 Å². The maximum Gasteiger partial charge on any atom is 0.349 e. The lowest BCUT2D eigenvalue weighted by molar-refractivity contribution is -0.139. The summed E-state index contributed by atoms with van der Waals surface area (Å²) in [5.41, 5.74) is 2.14. The third-order valence-electron chi connectivity index (χ3n) is 6.27.